The summed E-state index contributed by atoms with van der Waals surface area (Å²) in [4.78, 5) is 47.0. The van der Waals surface area contributed by atoms with Gasteiger partial charge in [0.2, 0.25) is 10.0 Å². The lowest BCUT2D eigenvalue weighted by Crippen LogP contribution is -2.55. The van der Waals surface area contributed by atoms with Crippen LogP contribution in [0.4, 0.5) is 21.0 Å². The minimum absolute atomic E-state index is 0.110. The van der Waals surface area contributed by atoms with Gasteiger partial charge in [0.25, 0.3) is 11.4 Å². The average molecular weight is 598 g/mol. The molecule has 1 unspecified atom stereocenters. The fraction of sp³-hybridized carbons (Fsp3) is 0.391. The number of benzene rings is 2. The van der Waals surface area contributed by atoms with E-state index in [0.717, 1.165) is 6.26 Å². The number of non-ortho nitro benzene ring substituents is 2. The van der Waals surface area contributed by atoms with Gasteiger partial charge in [0.1, 0.15) is 13.2 Å². The number of nitrogens with zero attached hydrogens (tertiary/aromatic N) is 3. The summed E-state index contributed by atoms with van der Waals surface area (Å²) in [6.07, 6.45) is -0.382. The molecule has 0 aromatic heterocycles. The Morgan fingerprint density at radius 3 is 1.98 bits per heavy atom. The maximum Gasteiger partial charge on any atom is 0.410 e. The van der Waals surface area contributed by atoms with Gasteiger partial charge in [-0.2, -0.15) is 12.6 Å². The van der Waals surface area contributed by atoms with Crippen molar-refractivity contribution in [3.8, 4) is 0 Å². The molecule has 17 heteroatoms. The zero-order chi connectivity index (χ0) is 29.4. The topological polar surface area (TPSA) is 200 Å². The number of rotatable bonds is 11. The molecule has 1 aliphatic heterocycles. The molecule has 0 saturated carbocycles. The number of hydrogen-bond donors (Lipinski definition) is 3. The van der Waals surface area contributed by atoms with Crippen LogP contribution in [0, 0.1) is 20.2 Å². The summed E-state index contributed by atoms with van der Waals surface area (Å²) in [7, 11) is -3.76. The number of alkyl carbamates (subject to hydrolysis) is 1. The lowest BCUT2D eigenvalue weighted by molar-refractivity contribution is -0.385. The van der Waals surface area contributed by atoms with E-state index in [4.69, 9.17) is 9.47 Å². The fourth-order valence-corrected chi connectivity index (χ4v) is 5.20. The van der Waals surface area contributed by atoms with E-state index in [2.05, 4.69) is 22.7 Å². The second-order valence-corrected chi connectivity index (χ2v) is 11.5. The molecule has 2 N–H and O–H groups in total. The van der Waals surface area contributed by atoms with Crippen molar-refractivity contribution in [3.05, 3.63) is 79.9 Å². The largest absolute Gasteiger partial charge is 0.445 e. The van der Waals surface area contributed by atoms with Gasteiger partial charge in [-0.3, -0.25) is 20.2 Å². The molecule has 0 radical (unpaired) electrons. The summed E-state index contributed by atoms with van der Waals surface area (Å²) < 4.78 is 37.0. The van der Waals surface area contributed by atoms with Crippen molar-refractivity contribution in [1.29, 1.82) is 0 Å². The SMILES string of the molecule is CS(=O)(=O)NC(CNC(=O)OCc1ccc([N+](=O)[O-])cc1)[C@@H]1C[C@H](S)CN1C(=O)OCc1ccc([N+](=O)[O-])cc1. The second kappa shape index (κ2) is 13.4. The van der Waals surface area contributed by atoms with E-state index in [1.165, 1.54) is 53.4 Å². The van der Waals surface area contributed by atoms with E-state index in [9.17, 15) is 38.2 Å². The Hall–Kier alpha value is -3.96. The Kier molecular flexibility index (Phi) is 10.2. The maximum atomic E-state index is 12.9. The standard InChI is InChI=1S/C23H27N5O10S2/c1-40(35,36)25-20(11-24-22(29)37-13-15-2-6-17(7-3-15)27(31)32)21-10-19(39)12-26(21)23(30)38-14-16-4-8-18(9-5-16)28(33)34/h2-9,19-21,25,39H,10-14H2,1H3,(H,24,29)/t19-,20?,21-/m0/s1. The minimum atomic E-state index is -3.76. The number of sulfonamides is 1. The number of thiol groups is 1. The molecule has 40 heavy (non-hydrogen) atoms. The maximum absolute atomic E-state index is 12.9. The third-order valence-corrected chi connectivity index (χ3v) is 6.98. The van der Waals surface area contributed by atoms with Crippen LogP contribution in [0.2, 0.25) is 0 Å². The molecule has 1 fully saturated rings. The lowest BCUT2D eigenvalue weighted by Gasteiger charge is -2.31. The summed E-state index contributed by atoms with van der Waals surface area (Å²) in [6, 6.07) is 9.20. The molecular formula is C23H27N5O10S2. The Morgan fingerprint density at radius 2 is 1.50 bits per heavy atom. The van der Waals surface area contributed by atoms with Crippen molar-refractivity contribution >= 4 is 46.2 Å². The molecule has 3 rings (SSSR count). The van der Waals surface area contributed by atoms with Gasteiger partial charge < -0.3 is 19.7 Å². The number of nitro groups is 2. The predicted octanol–water partition coefficient (Wildman–Crippen LogP) is 2.36. The number of hydrogen-bond acceptors (Lipinski definition) is 11. The Labute approximate surface area is 234 Å². The summed E-state index contributed by atoms with van der Waals surface area (Å²) in [6.45, 7) is -0.436. The monoisotopic (exact) mass is 597 g/mol. The van der Waals surface area contributed by atoms with Crippen molar-refractivity contribution < 1.29 is 37.3 Å². The van der Waals surface area contributed by atoms with Crippen molar-refractivity contribution in [3.63, 3.8) is 0 Å². The minimum Gasteiger partial charge on any atom is -0.445 e. The van der Waals surface area contributed by atoms with Crippen LogP contribution in [0.15, 0.2) is 48.5 Å². The molecule has 1 saturated heterocycles. The molecular weight excluding hydrogens is 570 g/mol. The Balaban J connectivity index is 1.61. The first-order valence-corrected chi connectivity index (χ1v) is 14.2. The van der Waals surface area contributed by atoms with E-state index in [1.807, 2.05) is 0 Å². The molecule has 1 aliphatic rings. The van der Waals surface area contributed by atoms with Crippen LogP contribution in [0.3, 0.4) is 0 Å². The first-order chi connectivity index (χ1) is 18.8. The van der Waals surface area contributed by atoms with Gasteiger partial charge in [-0.25, -0.2) is 22.7 Å². The third-order valence-electron chi connectivity index (χ3n) is 5.88. The quantitative estimate of drug-likeness (QED) is 0.196. The highest BCUT2D eigenvalue weighted by Gasteiger charge is 2.40. The van der Waals surface area contributed by atoms with E-state index in [-0.39, 0.29) is 42.9 Å². The second-order valence-electron chi connectivity index (χ2n) is 8.96. The smallest absolute Gasteiger partial charge is 0.410 e. The molecule has 2 aromatic rings. The number of nitrogens with one attached hydrogen (secondary N) is 2. The van der Waals surface area contributed by atoms with E-state index in [0.29, 0.717) is 17.5 Å². The van der Waals surface area contributed by atoms with Crippen molar-refractivity contribution in [2.75, 3.05) is 19.3 Å². The first-order valence-electron chi connectivity index (χ1n) is 11.8. The predicted molar refractivity (Wildman–Crippen MR) is 144 cm³/mol. The zero-order valence-corrected chi connectivity index (χ0v) is 22.9. The molecule has 2 amide bonds. The summed E-state index contributed by atoms with van der Waals surface area (Å²) >= 11 is 4.44. The lowest BCUT2D eigenvalue weighted by atomic mass is 10.1. The number of amides is 2. The number of nitro benzene ring substituents is 2. The highest BCUT2D eigenvalue weighted by molar-refractivity contribution is 7.88. The Bertz CT molecular complexity index is 1340. The van der Waals surface area contributed by atoms with Crippen LogP contribution in [0.25, 0.3) is 0 Å². The average Bonchev–Trinajstić information content (AvgIpc) is 3.29. The Morgan fingerprint density at radius 1 is 1.00 bits per heavy atom. The van der Waals surface area contributed by atoms with Gasteiger partial charge in [0.05, 0.1) is 28.2 Å². The molecule has 0 aliphatic carbocycles. The van der Waals surface area contributed by atoms with Crippen LogP contribution in [0.1, 0.15) is 17.5 Å². The number of carbonyl (C=O) groups excluding carboxylic acids is 2. The first kappa shape index (κ1) is 30.6. The van der Waals surface area contributed by atoms with Gasteiger partial charge in [0, 0.05) is 42.6 Å². The van der Waals surface area contributed by atoms with E-state index >= 15 is 0 Å². The van der Waals surface area contributed by atoms with E-state index in [1.54, 1.807) is 0 Å². The fourth-order valence-electron chi connectivity index (χ4n) is 4.01. The third kappa shape index (κ3) is 9.06. The van der Waals surface area contributed by atoms with Gasteiger partial charge in [-0.1, -0.05) is 0 Å². The number of likely N-dealkylation sites (tertiary alicyclic amines) is 1. The molecule has 0 spiro atoms. The van der Waals surface area contributed by atoms with Crippen LogP contribution < -0.4 is 10.0 Å². The van der Waals surface area contributed by atoms with Crippen LogP contribution in [0.5, 0.6) is 0 Å². The van der Waals surface area contributed by atoms with Gasteiger partial charge in [0.15, 0.2) is 0 Å². The van der Waals surface area contributed by atoms with Gasteiger partial charge >= 0.3 is 12.2 Å². The number of ether oxygens (including phenoxy) is 2. The highest BCUT2D eigenvalue weighted by Crippen LogP contribution is 2.26. The van der Waals surface area contributed by atoms with Gasteiger partial charge in [-0.15, -0.1) is 0 Å². The summed E-state index contributed by atoms with van der Waals surface area (Å²) in [5.41, 5.74) is 0.793. The molecule has 0 bridgehead atoms. The van der Waals surface area contributed by atoms with Crippen molar-refractivity contribution in [1.82, 2.24) is 14.9 Å². The van der Waals surface area contributed by atoms with Gasteiger partial charge in [-0.05, 0) is 41.8 Å². The summed E-state index contributed by atoms with van der Waals surface area (Å²) in [5.74, 6) is 0. The van der Waals surface area contributed by atoms with Crippen LogP contribution >= 0.6 is 12.6 Å². The number of carbonyl (C=O) groups is 2. The molecule has 2 aromatic carbocycles. The van der Waals surface area contributed by atoms with Crippen molar-refractivity contribution in [2.45, 2.75) is 37.0 Å². The van der Waals surface area contributed by atoms with Crippen molar-refractivity contribution in [2.24, 2.45) is 0 Å². The normalized spacial score (nSPS) is 17.6. The van der Waals surface area contributed by atoms with E-state index < -0.39 is 44.1 Å². The van der Waals surface area contributed by atoms with Crippen LogP contribution in [-0.2, 0) is 32.7 Å². The van der Waals surface area contributed by atoms with Crippen LogP contribution in [-0.4, -0.2) is 72.0 Å². The molecule has 3 atom stereocenters. The zero-order valence-electron chi connectivity index (χ0n) is 21.2. The highest BCUT2D eigenvalue weighted by atomic mass is 32.2. The molecule has 216 valence electrons. The molecule has 1 heterocycles. The molecule has 15 nitrogen and oxygen atoms in total. The summed E-state index contributed by atoms with van der Waals surface area (Å²) in [5, 5.41) is 23.7.